The van der Waals surface area contributed by atoms with Crippen molar-refractivity contribution in [1.82, 2.24) is 9.97 Å². The summed E-state index contributed by atoms with van der Waals surface area (Å²) in [6.45, 7) is 10.2. The molecule has 1 heterocycles. The second-order valence-electron chi connectivity index (χ2n) is 5.58. The Morgan fingerprint density at radius 1 is 1.33 bits per heavy atom. The van der Waals surface area contributed by atoms with Gasteiger partial charge in [-0.15, -0.1) is 0 Å². The number of rotatable bonds is 5. The Morgan fingerprint density at radius 3 is 2.44 bits per heavy atom. The molecule has 0 amide bonds. The average Bonchev–Trinajstić information content (AvgIpc) is 2.23. The van der Waals surface area contributed by atoms with Crippen molar-refractivity contribution in [3.63, 3.8) is 0 Å². The van der Waals surface area contributed by atoms with E-state index in [0.717, 1.165) is 17.2 Å². The van der Waals surface area contributed by atoms with Crippen LogP contribution in [-0.4, -0.2) is 27.2 Å². The molecule has 1 aromatic heterocycles. The standard InChI is InChI=1S/C13H24N4O/c1-8(2)11-15-10(14)9(3)12(16-11)17-13(4,5)6-7-18/h8,18H,6-7H2,1-5H3,(H3,14,15,16,17). The fourth-order valence-corrected chi connectivity index (χ4v) is 1.59. The molecule has 5 heteroatoms. The van der Waals surface area contributed by atoms with E-state index in [1.165, 1.54) is 0 Å². The van der Waals surface area contributed by atoms with Gasteiger partial charge in [-0.3, -0.25) is 0 Å². The van der Waals surface area contributed by atoms with Crippen LogP contribution in [0, 0.1) is 6.92 Å². The van der Waals surface area contributed by atoms with Crippen LogP contribution in [0.2, 0.25) is 0 Å². The number of anilines is 2. The summed E-state index contributed by atoms with van der Waals surface area (Å²) >= 11 is 0. The van der Waals surface area contributed by atoms with E-state index in [4.69, 9.17) is 10.8 Å². The largest absolute Gasteiger partial charge is 0.396 e. The van der Waals surface area contributed by atoms with Crippen LogP contribution < -0.4 is 11.1 Å². The van der Waals surface area contributed by atoms with Crippen molar-refractivity contribution < 1.29 is 5.11 Å². The van der Waals surface area contributed by atoms with Crippen LogP contribution >= 0.6 is 0 Å². The lowest BCUT2D eigenvalue weighted by Crippen LogP contribution is -2.33. The second kappa shape index (κ2) is 5.52. The van der Waals surface area contributed by atoms with Gasteiger partial charge in [-0.2, -0.15) is 0 Å². The van der Waals surface area contributed by atoms with E-state index >= 15 is 0 Å². The molecule has 5 nitrogen and oxygen atoms in total. The van der Waals surface area contributed by atoms with E-state index in [2.05, 4.69) is 15.3 Å². The Labute approximate surface area is 109 Å². The van der Waals surface area contributed by atoms with Gasteiger partial charge in [0.05, 0.1) is 0 Å². The molecule has 0 aliphatic heterocycles. The predicted molar refractivity (Wildman–Crippen MR) is 74.7 cm³/mol. The third kappa shape index (κ3) is 3.57. The zero-order valence-corrected chi connectivity index (χ0v) is 11.9. The molecule has 0 unspecified atom stereocenters. The Bertz CT molecular complexity index is 416. The molecule has 0 aliphatic carbocycles. The molecule has 0 aliphatic rings. The number of aromatic nitrogens is 2. The summed E-state index contributed by atoms with van der Waals surface area (Å²) in [6.07, 6.45) is 0.646. The quantitative estimate of drug-likeness (QED) is 0.747. The minimum absolute atomic E-state index is 0.136. The first-order valence-corrected chi connectivity index (χ1v) is 6.30. The van der Waals surface area contributed by atoms with E-state index in [9.17, 15) is 0 Å². The Balaban J connectivity index is 3.08. The summed E-state index contributed by atoms with van der Waals surface area (Å²) in [5.41, 5.74) is 6.54. The van der Waals surface area contributed by atoms with Crippen LogP contribution in [0.15, 0.2) is 0 Å². The van der Waals surface area contributed by atoms with E-state index in [0.29, 0.717) is 12.2 Å². The summed E-state index contributed by atoms with van der Waals surface area (Å²) in [7, 11) is 0. The van der Waals surface area contributed by atoms with Gasteiger partial charge in [0.15, 0.2) is 0 Å². The van der Waals surface area contributed by atoms with Crippen molar-refractivity contribution in [2.24, 2.45) is 0 Å². The lowest BCUT2D eigenvalue weighted by molar-refractivity contribution is 0.260. The first-order chi connectivity index (χ1) is 8.26. The van der Waals surface area contributed by atoms with Crippen molar-refractivity contribution in [2.75, 3.05) is 17.7 Å². The lowest BCUT2D eigenvalue weighted by Gasteiger charge is -2.27. The van der Waals surface area contributed by atoms with Gasteiger partial charge in [0, 0.05) is 23.6 Å². The molecule has 0 saturated heterocycles. The van der Waals surface area contributed by atoms with Gasteiger partial charge >= 0.3 is 0 Å². The monoisotopic (exact) mass is 252 g/mol. The number of nitrogens with one attached hydrogen (secondary N) is 1. The number of aliphatic hydroxyl groups is 1. The lowest BCUT2D eigenvalue weighted by atomic mass is 10.0. The third-order valence-corrected chi connectivity index (χ3v) is 2.91. The van der Waals surface area contributed by atoms with Gasteiger partial charge in [-0.25, -0.2) is 9.97 Å². The fraction of sp³-hybridized carbons (Fsp3) is 0.692. The highest BCUT2D eigenvalue weighted by atomic mass is 16.3. The summed E-state index contributed by atoms with van der Waals surface area (Å²) in [5.74, 6) is 2.23. The van der Waals surface area contributed by atoms with Crippen LogP contribution in [0.4, 0.5) is 11.6 Å². The van der Waals surface area contributed by atoms with E-state index < -0.39 is 0 Å². The highest BCUT2D eigenvalue weighted by Crippen LogP contribution is 2.24. The molecule has 0 spiro atoms. The molecule has 0 fully saturated rings. The second-order valence-corrected chi connectivity index (χ2v) is 5.58. The van der Waals surface area contributed by atoms with Crippen molar-refractivity contribution in [1.29, 1.82) is 0 Å². The van der Waals surface area contributed by atoms with Crippen LogP contribution in [0.5, 0.6) is 0 Å². The van der Waals surface area contributed by atoms with Crippen molar-refractivity contribution >= 4 is 11.6 Å². The molecule has 1 aromatic rings. The third-order valence-electron chi connectivity index (χ3n) is 2.91. The molecule has 0 bridgehead atoms. The minimum Gasteiger partial charge on any atom is -0.396 e. The van der Waals surface area contributed by atoms with Gasteiger partial charge in [0.1, 0.15) is 17.5 Å². The summed E-state index contributed by atoms with van der Waals surface area (Å²) in [5, 5.41) is 12.4. The van der Waals surface area contributed by atoms with E-state index in [-0.39, 0.29) is 18.1 Å². The Hall–Kier alpha value is -1.36. The van der Waals surface area contributed by atoms with Gasteiger partial charge in [-0.1, -0.05) is 13.8 Å². The normalized spacial score (nSPS) is 11.9. The first kappa shape index (κ1) is 14.7. The molecule has 0 radical (unpaired) electrons. The molecular formula is C13H24N4O. The van der Waals surface area contributed by atoms with Gasteiger partial charge in [0.25, 0.3) is 0 Å². The predicted octanol–water partition coefficient (Wildman–Crippen LogP) is 2.06. The zero-order valence-electron chi connectivity index (χ0n) is 11.9. The van der Waals surface area contributed by atoms with E-state index in [1.807, 2.05) is 34.6 Å². The average molecular weight is 252 g/mol. The minimum atomic E-state index is -0.228. The van der Waals surface area contributed by atoms with Crippen molar-refractivity contribution in [2.45, 2.75) is 52.5 Å². The van der Waals surface area contributed by atoms with Crippen LogP contribution in [0.25, 0.3) is 0 Å². The number of nitrogens with zero attached hydrogens (tertiary/aromatic N) is 2. The number of aliphatic hydroxyl groups excluding tert-OH is 1. The molecule has 18 heavy (non-hydrogen) atoms. The van der Waals surface area contributed by atoms with Crippen LogP contribution in [-0.2, 0) is 0 Å². The Morgan fingerprint density at radius 2 is 1.94 bits per heavy atom. The summed E-state index contributed by atoms with van der Waals surface area (Å²) < 4.78 is 0. The molecule has 0 atom stereocenters. The fourth-order valence-electron chi connectivity index (χ4n) is 1.59. The van der Waals surface area contributed by atoms with Gasteiger partial charge in [-0.05, 0) is 27.2 Å². The van der Waals surface area contributed by atoms with Gasteiger partial charge in [0.2, 0.25) is 0 Å². The molecular weight excluding hydrogens is 228 g/mol. The highest BCUT2D eigenvalue weighted by molar-refractivity contribution is 5.56. The topological polar surface area (TPSA) is 84.1 Å². The highest BCUT2D eigenvalue weighted by Gasteiger charge is 2.20. The maximum atomic E-state index is 9.05. The molecule has 102 valence electrons. The number of hydrogen-bond donors (Lipinski definition) is 3. The maximum absolute atomic E-state index is 9.05. The molecule has 0 aromatic carbocycles. The summed E-state index contributed by atoms with van der Waals surface area (Å²) in [4.78, 5) is 8.80. The van der Waals surface area contributed by atoms with Gasteiger partial charge < -0.3 is 16.2 Å². The molecule has 0 saturated carbocycles. The van der Waals surface area contributed by atoms with Crippen LogP contribution in [0.3, 0.4) is 0 Å². The van der Waals surface area contributed by atoms with E-state index in [1.54, 1.807) is 0 Å². The SMILES string of the molecule is Cc1c(N)nc(C(C)C)nc1NC(C)(C)CCO. The number of hydrogen-bond acceptors (Lipinski definition) is 5. The van der Waals surface area contributed by atoms with Crippen molar-refractivity contribution in [3.05, 3.63) is 11.4 Å². The zero-order chi connectivity index (χ0) is 13.9. The van der Waals surface area contributed by atoms with Crippen LogP contribution in [0.1, 0.15) is 51.4 Å². The van der Waals surface area contributed by atoms with Crippen molar-refractivity contribution in [3.8, 4) is 0 Å². The first-order valence-electron chi connectivity index (χ1n) is 6.30. The molecule has 4 N–H and O–H groups in total. The Kier molecular flexibility index (Phi) is 4.51. The smallest absolute Gasteiger partial charge is 0.135 e. The summed E-state index contributed by atoms with van der Waals surface area (Å²) in [6, 6.07) is 0. The number of nitrogens with two attached hydrogens (primary N) is 1. The maximum Gasteiger partial charge on any atom is 0.135 e. The molecule has 1 rings (SSSR count). The number of nitrogen functional groups attached to an aromatic ring is 1.